The number of rotatable bonds is 6. The smallest absolute Gasteiger partial charge is 0.0927 e. The number of fused-ring (bicyclic) bond motifs is 1. The van der Waals surface area contributed by atoms with Crippen LogP contribution in [-0.2, 0) is 30.9 Å². The standard InChI is InChI=1S/C20H29N3O/c1-20(2,3)10-12-23-11-9-18-17(13-23)19(22-21-18)15-24-14-16-7-5-4-6-8-16/h4-8H,9-15H2,1-3H3,(H,21,22). The van der Waals surface area contributed by atoms with Crippen molar-refractivity contribution >= 4 is 0 Å². The Labute approximate surface area is 145 Å². The predicted molar refractivity (Wildman–Crippen MR) is 96.6 cm³/mol. The molecule has 1 N–H and O–H groups in total. The van der Waals surface area contributed by atoms with Gasteiger partial charge in [-0.25, -0.2) is 0 Å². The molecule has 2 heterocycles. The number of benzene rings is 1. The van der Waals surface area contributed by atoms with Crippen LogP contribution in [0.4, 0.5) is 0 Å². The Morgan fingerprint density at radius 1 is 1.17 bits per heavy atom. The first-order valence-electron chi connectivity index (χ1n) is 8.90. The second-order valence-electron chi connectivity index (χ2n) is 7.94. The number of hydrogen-bond acceptors (Lipinski definition) is 3. The molecule has 0 saturated heterocycles. The van der Waals surface area contributed by atoms with E-state index < -0.39 is 0 Å². The number of nitrogens with zero attached hydrogens (tertiary/aromatic N) is 2. The minimum atomic E-state index is 0.387. The number of aromatic amines is 1. The van der Waals surface area contributed by atoms with E-state index in [1.807, 2.05) is 18.2 Å². The lowest BCUT2D eigenvalue weighted by atomic mass is 9.91. The maximum Gasteiger partial charge on any atom is 0.0927 e. The van der Waals surface area contributed by atoms with Crippen LogP contribution in [0.1, 0.15) is 49.7 Å². The van der Waals surface area contributed by atoms with Gasteiger partial charge in [0.25, 0.3) is 0 Å². The van der Waals surface area contributed by atoms with Crippen LogP contribution >= 0.6 is 0 Å². The fourth-order valence-electron chi connectivity index (χ4n) is 3.05. The van der Waals surface area contributed by atoms with Crippen molar-refractivity contribution in [3.8, 4) is 0 Å². The summed E-state index contributed by atoms with van der Waals surface area (Å²) in [6.07, 6.45) is 2.28. The second-order valence-corrected chi connectivity index (χ2v) is 7.94. The number of hydrogen-bond donors (Lipinski definition) is 1. The number of H-pyrrole nitrogens is 1. The van der Waals surface area contributed by atoms with Crippen LogP contribution in [0.2, 0.25) is 0 Å². The van der Waals surface area contributed by atoms with Crippen LogP contribution in [0.15, 0.2) is 30.3 Å². The zero-order valence-electron chi connectivity index (χ0n) is 15.1. The molecular weight excluding hydrogens is 298 g/mol. The quantitative estimate of drug-likeness (QED) is 0.874. The van der Waals surface area contributed by atoms with Crippen LogP contribution in [-0.4, -0.2) is 28.2 Å². The molecule has 0 unspecified atom stereocenters. The molecule has 0 saturated carbocycles. The van der Waals surface area contributed by atoms with Gasteiger partial charge >= 0.3 is 0 Å². The van der Waals surface area contributed by atoms with Crippen molar-refractivity contribution in [1.29, 1.82) is 0 Å². The summed E-state index contributed by atoms with van der Waals surface area (Å²) in [5.74, 6) is 0. The molecule has 0 atom stereocenters. The number of nitrogens with one attached hydrogen (secondary N) is 1. The topological polar surface area (TPSA) is 41.2 Å². The third kappa shape index (κ3) is 4.68. The zero-order valence-corrected chi connectivity index (χ0v) is 15.1. The Kier molecular flexibility index (Phi) is 5.36. The van der Waals surface area contributed by atoms with E-state index in [2.05, 4.69) is 48.0 Å². The number of ether oxygens (including phenoxy) is 1. The minimum Gasteiger partial charge on any atom is -0.370 e. The SMILES string of the molecule is CC(C)(C)CCN1CCc2[nH]nc(COCc3ccccc3)c2C1. The molecule has 2 aromatic rings. The fraction of sp³-hybridized carbons (Fsp3) is 0.550. The Morgan fingerprint density at radius 2 is 1.96 bits per heavy atom. The Balaban J connectivity index is 1.55. The Morgan fingerprint density at radius 3 is 2.71 bits per heavy atom. The first-order valence-corrected chi connectivity index (χ1v) is 8.90. The zero-order chi connectivity index (χ0) is 17.0. The van der Waals surface area contributed by atoms with Crippen molar-refractivity contribution in [2.45, 2.75) is 53.4 Å². The summed E-state index contributed by atoms with van der Waals surface area (Å²) >= 11 is 0. The first kappa shape index (κ1) is 17.2. The highest BCUT2D eigenvalue weighted by molar-refractivity contribution is 5.27. The summed E-state index contributed by atoms with van der Waals surface area (Å²) in [5, 5.41) is 7.71. The van der Waals surface area contributed by atoms with E-state index in [-0.39, 0.29) is 0 Å². The maximum absolute atomic E-state index is 5.88. The third-order valence-corrected chi connectivity index (χ3v) is 4.63. The van der Waals surface area contributed by atoms with Gasteiger partial charge in [-0.2, -0.15) is 5.10 Å². The maximum atomic E-state index is 5.88. The minimum absolute atomic E-state index is 0.387. The molecule has 1 aliphatic heterocycles. The summed E-state index contributed by atoms with van der Waals surface area (Å²) in [4.78, 5) is 2.55. The average Bonchev–Trinajstić information content (AvgIpc) is 2.96. The van der Waals surface area contributed by atoms with Gasteiger partial charge in [0, 0.05) is 30.8 Å². The average molecular weight is 327 g/mol. The Bertz CT molecular complexity index is 643. The summed E-state index contributed by atoms with van der Waals surface area (Å²) in [7, 11) is 0. The van der Waals surface area contributed by atoms with Crippen LogP contribution < -0.4 is 0 Å². The molecule has 4 heteroatoms. The largest absolute Gasteiger partial charge is 0.370 e. The summed E-state index contributed by atoms with van der Waals surface area (Å²) in [6, 6.07) is 10.3. The van der Waals surface area contributed by atoms with Crippen LogP contribution in [0, 0.1) is 5.41 Å². The molecule has 3 rings (SSSR count). The monoisotopic (exact) mass is 327 g/mol. The summed E-state index contributed by atoms with van der Waals surface area (Å²) in [6.45, 7) is 11.4. The van der Waals surface area contributed by atoms with Gasteiger partial charge in [-0.3, -0.25) is 10.00 Å². The number of aromatic nitrogens is 2. The van der Waals surface area contributed by atoms with E-state index in [0.29, 0.717) is 18.6 Å². The van der Waals surface area contributed by atoms with Crippen LogP contribution in [0.3, 0.4) is 0 Å². The highest BCUT2D eigenvalue weighted by atomic mass is 16.5. The van der Waals surface area contributed by atoms with Gasteiger partial charge in [0.1, 0.15) is 0 Å². The van der Waals surface area contributed by atoms with Crippen LogP contribution in [0.5, 0.6) is 0 Å². The highest BCUT2D eigenvalue weighted by Gasteiger charge is 2.23. The van der Waals surface area contributed by atoms with E-state index in [9.17, 15) is 0 Å². The van der Waals surface area contributed by atoms with E-state index in [4.69, 9.17) is 4.74 Å². The molecule has 0 radical (unpaired) electrons. The highest BCUT2D eigenvalue weighted by Crippen LogP contribution is 2.24. The van der Waals surface area contributed by atoms with E-state index in [0.717, 1.165) is 31.7 Å². The van der Waals surface area contributed by atoms with Crippen molar-refractivity contribution in [2.24, 2.45) is 5.41 Å². The lowest BCUT2D eigenvalue weighted by Crippen LogP contribution is -2.33. The van der Waals surface area contributed by atoms with Gasteiger partial charge < -0.3 is 4.74 Å². The lowest BCUT2D eigenvalue weighted by Gasteiger charge is -2.29. The second kappa shape index (κ2) is 7.49. The van der Waals surface area contributed by atoms with Crippen molar-refractivity contribution in [3.05, 3.63) is 52.8 Å². The Hall–Kier alpha value is -1.65. The molecule has 0 fully saturated rings. The van der Waals surface area contributed by atoms with E-state index in [1.165, 1.54) is 23.2 Å². The molecular formula is C20H29N3O. The van der Waals surface area contributed by atoms with Gasteiger partial charge in [-0.05, 0) is 23.9 Å². The molecule has 0 aliphatic carbocycles. The molecule has 0 bridgehead atoms. The van der Waals surface area contributed by atoms with Gasteiger partial charge in [0.15, 0.2) is 0 Å². The van der Waals surface area contributed by atoms with Gasteiger partial charge in [0.05, 0.1) is 18.9 Å². The van der Waals surface area contributed by atoms with Gasteiger partial charge in [0.2, 0.25) is 0 Å². The van der Waals surface area contributed by atoms with Crippen molar-refractivity contribution < 1.29 is 4.74 Å². The van der Waals surface area contributed by atoms with Gasteiger partial charge in [-0.15, -0.1) is 0 Å². The fourth-order valence-corrected chi connectivity index (χ4v) is 3.05. The normalized spacial score (nSPS) is 15.5. The molecule has 1 aliphatic rings. The van der Waals surface area contributed by atoms with Crippen LogP contribution in [0.25, 0.3) is 0 Å². The first-order chi connectivity index (χ1) is 11.5. The molecule has 0 amide bonds. The summed E-state index contributed by atoms with van der Waals surface area (Å²) < 4.78 is 5.88. The van der Waals surface area contributed by atoms with Gasteiger partial charge in [-0.1, -0.05) is 51.1 Å². The molecule has 1 aromatic heterocycles. The lowest BCUT2D eigenvalue weighted by molar-refractivity contribution is 0.103. The summed E-state index contributed by atoms with van der Waals surface area (Å²) in [5.41, 5.74) is 5.30. The van der Waals surface area contributed by atoms with Crippen molar-refractivity contribution in [2.75, 3.05) is 13.1 Å². The molecule has 130 valence electrons. The van der Waals surface area contributed by atoms with Crippen molar-refractivity contribution in [1.82, 2.24) is 15.1 Å². The third-order valence-electron chi connectivity index (χ3n) is 4.63. The molecule has 24 heavy (non-hydrogen) atoms. The molecule has 1 aromatic carbocycles. The van der Waals surface area contributed by atoms with E-state index >= 15 is 0 Å². The molecule has 4 nitrogen and oxygen atoms in total. The van der Waals surface area contributed by atoms with Crippen molar-refractivity contribution in [3.63, 3.8) is 0 Å². The molecule has 0 spiro atoms. The van der Waals surface area contributed by atoms with E-state index in [1.54, 1.807) is 0 Å². The predicted octanol–water partition coefficient (Wildman–Crippen LogP) is 3.92.